The molecule has 0 saturated heterocycles. The number of nitrogens with zero attached hydrogens (tertiary/aromatic N) is 1. The third-order valence-corrected chi connectivity index (χ3v) is 12.6. The zero-order chi connectivity index (χ0) is 35.8. The van der Waals surface area contributed by atoms with Crippen molar-refractivity contribution in [3.63, 3.8) is 0 Å². The number of benzene rings is 9. The van der Waals surface area contributed by atoms with Crippen molar-refractivity contribution in [2.24, 2.45) is 0 Å². The predicted molar refractivity (Wildman–Crippen MR) is 226 cm³/mol. The molecule has 9 aromatic carbocycles. The van der Waals surface area contributed by atoms with Gasteiger partial charge < -0.3 is 9.30 Å². The Morgan fingerprint density at radius 3 is 1.53 bits per heavy atom. The van der Waals surface area contributed by atoms with Gasteiger partial charge in [0.2, 0.25) is 0 Å². The number of hydrogen-bond donors (Lipinski definition) is 0. The third kappa shape index (κ3) is 3.64. The summed E-state index contributed by atoms with van der Waals surface area (Å²) in [6.07, 6.45) is 0. The summed E-state index contributed by atoms with van der Waals surface area (Å²) in [5.74, 6) is 1.78. The van der Waals surface area contributed by atoms with E-state index in [1.54, 1.807) is 0 Å². The molecule has 0 bridgehead atoms. The van der Waals surface area contributed by atoms with Crippen molar-refractivity contribution in [2.45, 2.75) is 5.41 Å². The van der Waals surface area contributed by atoms with Crippen LogP contribution in [0.4, 0.5) is 0 Å². The summed E-state index contributed by atoms with van der Waals surface area (Å²) in [7, 11) is 0. The topological polar surface area (TPSA) is 14.2 Å². The Balaban J connectivity index is 1.01. The van der Waals surface area contributed by atoms with E-state index in [4.69, 9.17) is 4.74 Å². The molecule has 254 valence electrons. The molecule has 2 heterocycles. The summed E-state index contributed by atoms with van der Waals surface area (Å²) < 4.78 is 9.16. The summed E-state index contributed by atoms with van der Waals surface area (Å²) in [6, 6.07) is 69.4. The first-order valence-corrected chi connectivity index (χ1v) is 19.1. The van der Waals surface area contributed by atoms with Crippen LogP contribution in [0, 0.1) is 0 Å². The molecule has 2 aliphatic carbocycles. The molecular weight excluding hydrogens is 667 g/mol. The van der Waals surface area contributed by atoms with Crippen LogP contribution in [0.15, 0.2) is 188 Å². The van der Waals surface area contributed by atoms with Gasteiger partial charge in [-0.2, -0.15) is 0 Å². The minimum absolute atomic E-state index is 0.375. The number of ether oxygens (including phenoxy) is 1. The van der Waals surface area contributed by atoms with Crippen molar-refractivity contribution in [3.8, 4) is 61.7 Å². The maximum absolute atomic E-state index is 6.75. The standard InChI is InChI=1S/C53H31NO/c1-6-19-43-34(12-1)35-13-2-7-20-44(35)53(43)45-21-8-3-14-36(45)37-26-24-33(31-46(37)53)32-25-28-50-42(30-32)40-17-11-18-41-49(27-29-51(55-50)52(40)41)54-47-22-9-4-15-38(47)39-16-5-10-23-48(39)54/h1-31H. The van der Waals surface area contributed by atoms with Gasteiger partial charge in [0.1, 0.15) is 11.5 Å². The molecule has 2 heteroatoms. The minimum Gasteiger partial charge on any atom is -0.456 e. The van der Waals surface area contributed by atoms with E-state index in [1.165, 1.54) is 88.4 Å². The molecule has 10 aromatic rings. The second-order valence-electron chi connectivity index (χ2n) is 15.1. The molecule has 0 atom stereocenters. The van der Waals surface area contributed by atoms with Gasteiger partial charge in [-0.05, 0) is 104 Å². The quantitative estimate of drug-likeness (QED) is 0.175. The van der Waals surface area contributed by atoms with Gasteiger partial charge in [-0.15, -0.1) is 0 Å². The average molecular weight is 698 g/mol. The Bertz CT molecular complexity index is 3190. The van der Waals surface area contributed by atoms with Crippen LogP contribution in [0.1, 0.15) is 22.3 Å². The lowest BCUT2D eigenvalue weighted by atomic mass is 9.70. The SMILES string of the molecule is c1ccc2c(c1)-c1ccccc1C21c2ccccc2-c2ccc(-c3ccc4c(c3)-c3cccc5c(-n6c7ccccc7c7ccccc76)ccc(c35)O4)cc21. The first-order valence-electron chi connectivity index (χ1n) is 19.1. The van der Waals surface area contributed by atoms with Gasteiger partial charge in [-0.1, -0.05) is 146 Å². The molecule has 0 N–H and O–H groups in total. The maximum atomic E-state index is 6.75. The molecule has 0 unspecified atom stereocenters. The molecule has 0 radical (unpaired) electrons. The molecule has 2 nitrogen and oxygen atoms in total. The van der Waals surface area contributed by atoms with Crippen molar-refractivity contribution in [1.82, 2.24) is 4.57 Å². The second-order valence-corrected chi connectivity index (χ2v) is 15.1. The van der Waals surface area contributed by atoms with E-state index < -0.39 is 0 Å². The van der Waals surface area contributed by atoms with Crippen molar-refractivity contribution < 1.29 is 4.74 Å². The van der Waals surface area contributed by atoms with Crippen LogP contribution >= 0.6 is 0 Å². The van der Waals surface area contributed by atoms with E-state index in [1.807, 2.05) is 0 Å². The van der Waals surface area contributed by atoms with Crippen LogP contribution < -0.4 is 4.74 Å². The molecular formula is C53H31NO. The van der Waals surface area contributed by atoms with Crippen LogP contribution in [0.3, 0.4) is 0 Å². The normalized spacial score (nSPS) is 13.7. The number of rotatable bonds is 2. The monoisotopic (exact) mass is 697 g/mol. The lowest BCUT2D eigenvalue weighted by Crippen LogP contribution is -2.25. The lowest BCUT2D eigenvalue weighted by Gasteiger charge is -2.30. The van der Waals surface area contributed by atoms with Gasteiger partial charge in [0.15, 0.2) is 0 Å². The third-order valence-electron chi connectivity index (χ3n) is 12.6. The lowest BCUT2D eigenvalue weighted by molar-refractivity contribution is 0.487. The Labute approximate surface area is 318 Å². The fraction of sp³-hybridized carbons (Fsp3) is 0.0189. The zero-order valence-corrected chi connectivity index (χ0v) is 29.8. The first-order chi connectivity index (χ1) is 27.3. The Morgan fingerprint density at radius 1 is 0.345 bits per heavy atom. The van der Waals surface area contributed by atoms with Crippen molar-refractivity contribution in [2.75, 3.05) is 0 Å². The van der Waals surface area contributed by atoms with Crippen LogP contribution in [0.25, 0.3) is 82.8 Å². The van der Waals surface area contributed by atoms with E-state index in [0.717, 1.165) is 28.1 Å². The zero-order valence-electron chi connectivity index (χ0n) is 29.8. The highest BCUT2D eigenvalue weighted by Crippen LogP contribution is 2.63. The van der Waals surface area contributed by atoms with Crippen molar-refractivity contribution >= 4 is 32.6 Å². The number of aromatic nitrogens is 1. The molecule has 13 rings (SSSR count). The fourth-order valence-electron chi connectivity index (χ4n) is 10.4. The molecule has 0 saturated carbocycles. The Kier molecular flexibility index (Phi) is 5.59. The molecule has 0 fully saturated rings. The van der Waals surface area contributed by atoms with E-state index >= 15 is 0 Å². The Morgan fingerprint density at radius 2 is 0.855 bits per heavy atom. The van der Waals surface area contributed by atoms with Crippen LogP contribution in [0.2, 0.25) is 0 Å². The van der Waals surface area contributed by atoms with Crippen molar-refractivity contribution in [3.05, 3.63) is 210 Å². The molecule has 3 aliphatic rings. The molecule has 0 amide bonds. The average Bonchev–Trinajstić information content (AvgIpc) is 3.86. The molecule has 1 aromatic heterocycles. The Hall–Kier alpha value is -7.16. The van der Waals surface area contributed by atoms with E-state index in [0.29, 0.717) is 0 Å². The van der Waals surface area contributed by atoms with Crippen molar-refractivity contribution in [1.29, 1.82) is 0 Å². The number of fused-ring (bicyclic) bond motifs is 15. The smallest absolute Gasteiger partial charge is 0.136 e. The van der Waals surface area contributed by atoms with E-state index in [9.17, 15) is 0 Å². The van der Waals surface area contributed by atoms with Crippen LogP contribution in [0.5, 0.6) is 11.5 Å². The summed E-state index contributed by atoms with van der Waals surface area (Å²) in [6.45, 7) is 0. The highest BCUT2D eigenvalue weighted by Gasteiger charge is 2.51. The summed E-state index contributed by atoms with van der Waals surface area (Å²) in [4.78, 5) is 0. The minimum atomic E-state index is -0.375. The van der Waals surface area contributed by atoms with Gasteiger partial charge >= 0.3 is 0 Å². The van der Waals surface area contributed by atoms with Gasteiger partial charge in [0.25, 0.3) is 0 Å². The molecule has 1 spiro atoms. The van der Waals surface area contributed by atoms with Crippen LogP contribution in [-0.4, -0.2) is 4.57 Å². The summed E-state index contributed by atoms with van der Waals surface area (Å²) >= 11 is 0. The first kappa shape index (κ1) is 29.3. The highest BCUT2D eigenvalue weighted by molar-refractivity contribution is 6.13. The van der Waals surface area contributed by atoms with E-state index in [2.05, 4.69) is 193 Å². The number of hydrogen-bond acceptors (Lipinski definition) is 1. The van der Waals surface area contributed by atoms with E-state index in [-0.39, 0.29) is 5.41 Å². The highest BCUT2D eigenvalue weighted by atomic mass is 16.5. The molecule has 1 aliphatic heterocycles. The molecule has 55 heavy (non-hydrogen) atoms. The van der Waals surface area contributed by atoms with Crippen LogP contribution in [-0.2, 0) is 5.41 Å². The van der Waals surface area contributed by atoms with Gasteiger partial charge in [-0.25, -0.2) is 0 Å². The summed E-state index contributed by atoms with van der Waals surface area (Å²) in [5.41, 5.74) is 18.6. The largest absolute Gasteiger partial charge is 0.456 e. The number of para-hydroxylation sites is 2. The summed E-state index contributed by atoms with van der Waals surface area (Å²) in [5, 5.41) is 4.84. The second kappa shape index (κ2) is 10.5. The maximum Gasteiger partial charge on any atom is 0.136 e. The van der Waals surface area contributed by atoms with Gasteiger partial charge in [-0.3, -0.25) is 0 Å². The predicted octanol–water partition coefficient (Wildman–Crippen LogP) is 13.7. The van der Waals surface area contributed by atoms with Gasteiger partial charge in [0, 0.05) is 27.1 Å². The van der Waals surface area contributed by atoms with Gasteiger partial charge in [0.05, 0.1) is 22.1 Å². The fourth-order valence-corrected chi connectivity index (χ4v) is 10.4.